The summed E-state index contributed by atoms with van der Waals surface area (Å²) < 4.78 is 0. The summed E-state index contributed by atoms with van der Waals surface area (Å²) in [4.78, 5) is 16.8. The van der Waals surface area contributed by atoms with Crippen molar-refractivity contribution in [3.63, 3.8) is 0 Å². The molecule has 0 aromatic carbocycles. The van der Waals surface area contributed by atoms with Crippen molar-refractivity contribution < 1.29 is 4.79 Å². The highest BCUT2D eigenvalue weighted by atomic mass is 16.2. The number of hydrogen-bond donors (Lipinski definition) is 2. The molecule has 4 nitrogen and oxygen atoms in total. The molecule has 28 heavy (non-hydrogen) atoms. The first-order valence-corrected chi connectivity index (χ1v) is 11.7. The lowest BCUT2D eigenvalue weighted by molar-refractivity contribution is 0.0864. The van der Waals surface area contributed by atoms with Crippen molar-refractivity contribution in [1.29, 1.82) is 0 Å². The summed E-state index contributed by atoms with van der Waals surface area (Å²) in [6.45, 7) is 3.40. The van der Waals surface area contributed by atoms with Gasteiger partial charge in [0.05, 0.1) is 0 Å². The highest BCUT2D eigenvalue weighted by Gasteiger charge is 2.51. The maximum atomic E-state index is 12.6. The second kappa shape index (κ2) is 10.4. The van der Waals surface area contributed by atoms with E-state index in [1.807, 2.05) is 12.1 Å². The monoisotopic (exact) mass is 385 g/mol. The van der Waals surface area contributed by atoms with Gasteiger partial charge < -0.3 is 10.6 Å². The number of pyridine rings is 1. The van der Waals surface area contributed by atoms with Crippen LogP contribution >= 0.6 is 0 Å². The van der Waals surface area contributed by atoms with Crippen LogP contribution in [0.3, 0.4) is 0 Å². The number of amides is 1. The Morgan fingerprint density at radius 1 is 0.964 bits per heavy atom. The first-order valence-electron chi connectivity index (χ1n) is 11.7. The van der Waals surface area contributed by atoms with Crippen molar-refractivity contribution in [2.45, 2.75) is 108 Å². The van der Waals surface area contributed by atoms with Gasteiger partial charge in [0.2, 0.25) is 0 Å². The third-order valence-electron chi connectivity index (χ3n) is 6.88. The van der Waals surface area contributed by atoms with Gasteiger partial charge in [0.25, 0.3) is 5.91 Å². The van der Waals surface area contributed by atoms with Crippen molar-refractivity contribution in [1.82, 2.24) is 15.6 Å². The highest BCUT2D eigenvalue weighted by Crippen LogP contribution is 2.48. The second-order valence-corrected chi connectivity index (χ2v) is 9.16. The van der Waals surface area contributed by atoms with E-state index >= 15 is 0 Å². The van der Waals surface area contributed by atoms with Crippen LogP contribution in [-0.2, 0) is 0 Å². The van der Waals surface area contributed by atoms with Crippen LogP contribution in [0.2, 0.25) is 0 Å². The Balaban J connectivity index is 1.39. The van der Waals surface area contributed by atoms with Gasteiger partial charge in [-0.05, 0) is 63.6 Å². The topological polar surface area (TPSA) is 54.0 Å². The van der Waals surface area contributed by atoms with Gasteiger partial charge in [-0.1, -0.05) is 57.9 Å². The SMILES string of the molecule is CCCCCCCCCCN[C@]12CCC[C@](NC(=O)c3ccccn3)(CC1)C2. The number of carbonyl (C=O) groups is 1. The van der Waals surface area contributed by atoms with Crippen LogP contribution in [0, 0.1) is 0 Å². The largest absolute Gasteiger partial charge is 0.345 e. The molecule has 0 radical (unpaired) electrons. The Morgan fingerprint density at radius 2 is 1.68 bits per heavy atom. The predicted molar refractivity (Wildman–Crippen MR) is 115 cm³/mol. The first kappa shape index (κ1) is 21.3. The van der Waals surface area contributed by atoms with E-state index in [-0.39, 0.29) is 17.0 Å². The standard InChI is InChI=1S/C24H39N3O/c1-2-3-4-5-6-7-8-10-19-26-23-14-12-15-24(20-23,17-16-23)27-22(28)21-13-9-11-18-25-21/h9,11,13,18,26H,2-8,10,12,14-17,19-20H2,1H3,(H,27,28)/t23-,24+/m1/s1. The molecule has 1 aromatic rings. The summed E-state index contributed by atoms with van der Waals surface area (Å²) in [5, 5.41) is 7.27. The fourth-order valence-electron chi connectivity index (χ4n) is 5.32. The van der Waals surface area contributed by atoms with Crippen molar-refractivity contribution in [3.05, 3.63) is 30.1 Å². The van der Waals surface area contributed by atoms with Crippen LogP contribution in [0.15, 0.2) is 24.4 Å². The zero-order valence-corrected chi connectivity index (χ0v) is 17.8. The van der Waals surface area contributed by atoms with Gasteiger partial charge in [0, 0.05) is 17.3 Å². The zero-order valence-electron chi connectivity index (χ0n) is 17.8. The minimum absolute atomic E-state index is 0.0126. The van der Waals surface area contributed by atoms with Crippen LogP contribution in [0.5, 0.6) is 0 Å². The normalized spacial score (nSPS) is 26.3. The van der Waals surface area contributed by atoms with Crippen LogP contribution < -0.4 is 10.6 Å². The molecule has 2 bridgehead atoms. The summed E-state index contributed by atoms with van der Waals surface area (Å²) >= 11 is 0. The van der Waals surface area contributed by atoms with Crippen LogP contribution in [0.4, 0.5) is 0 Å². The fraction of sp³-hybridized carbons (Fsp3) is 0.750. The molecule has 1 aromatic heterocycles. The van der Waals surface area contributed by atoms with Crippen molar-refractivity contribution in [2.24, 2.45) is 0 Å². The molecule has 2 aliphatic carbocycles. The first-order chi connectivity index (χ1) is 13.7. The quantitative estimate of drug-likeness (QED) is 0.475. The van der Waals surface area contributed by atoms with Gasteiger partial charge in [-0.2, -0.15) is 0 Å². The lowest BCUT2D eigenvalue weighted by atomic mass is 9.78. The summed E-state index contributed by atoms with van der Waals surface area (Å²) in [6, 6.07) is 5.54. The van der Waals surface area contributed by atoms with E-state index in [0.717, 1.165) is 25.8 Å². The summed E-state index contributed by atoms with van der Waals surface area (Å²) in [5.41, 5.74) is 0.752. The van der Waals surface area contributed by atoms with Crippen LogP contribution in [0.1, 0.15) is 107 Å². The Hall–Kier alpha value is -1.42. The van der Waals surface area contributed by atoms with Gasteiger partial charge in [-0.15, -0.1) is 0 Å². The molecule has 2 aliphatic rings. The number of fused-ring (bicyclic) bond motifs is 2. The predicted octanol–water partition coefficient (Wildman–Crippen LogP) is 5.39. The van der Waals surface area contributed by atoms with Gasteiger partial charge in [-0.3, -0.25) is 9.78 Å². The average molecular weight is 386 g/mol. The van der Waals surface area contributed by atoms with Gasteiger partial charge in [0.15, 0.2) is 0 Å². The molecule has 156 valence electrons. The van der Waals surface area contributed by atoms with E-state index in [2.05, 4.69) is 22.5 Å². The smallest absolute Gasteiger partial charge is 0.270 e. The maximum Gasteiger partial charge on any atom is 0.270 e. The molecule has 0 aliphatic heterocycles. The van der Waals surface area contributed by atoms with Crippen molar-refractivity contribution >= 4 is 5.91 Å². The molecule has 3 rings (SSSR count). The number of nitrogens with zero attached hydrogens (tertiary/aromatic N) is 1. The molecule has 0 unspecified atom stereocenters. The van der Waals surface area contributed by atoms with Crippen molar-refractivity contribution in [3.8, 4) is 0 Å². The molecule has 1 heterocycles. The van der Waals surface area contributed by atoms with Gasteiger partial charge in [0.1, 0.15) is 5.69 Å². The number of carbonyl (C=O) groups excluding carboxylic acids is 1. The van der Waals surface area contributed by atoms with E-state index in [9.17, 15) is 4.79 Å². The molecular weight excluding hydrogens is 346 g/mol. The number of nitrogens with one attached hydrogen (secondary N) is 2. The van der Waals surface area contributed by atoms with E-state index < -0.39 is 0 Å². The number of unbranched alkanes of at least 4 members (excludes halogenated alkanes) is 7. The molecule has 4 heteroatoms. The average Bonchev–Trinajstić information content (AvgIpc) is 2.97. The van der Waals surface area contributed by atoms with E-state index in [4.69, 9.17) is 0 Å². The number of rotatable bonds is 12. The minimum Gasteiger partial charge on any atom is -0.345 e. The minimum atomic E-state index is -0.0286. The van der Waals surface area contributed by atoms with Gasteiger partial charge >= 0.3 is 0 Å². The Morgan fingerprint density at radius 3 is 2.43 bits per heavy atom. The number of hydrogen-bond acceptors (Lipinski definition) is 3. The third-order valence-corrected chi connectivity index (χ3v) is 6.88. The second-order valence-electron chi connectivity index (χ2n) is 9.16. The Kier molecular flexibility index (Phi) is 7.90. The van der Waals surface area contributed by atoms with Gasteiger partial charge in [-0.25, -0.2) is 0 Å². The molecule has 2 saturated carbocycles. The lowest BCUT2D eigenvalue weighted by Crippen LogP contribution is -2.54. The lowest BCUT2D eigenvalue weighted by Gasteiger charge is -2.40. The highest BCUT2D eigenvalue weighted by molar-refractivity contribution is 5.92. The Labute approximate surface area is 171 Å². The number of aromatic nitrogens is 1. The van der Waals surface area contributed by atoms with Crippen LogP contribution in [0.25, 0.3) is 0 Å². The van der Waals surface area contributed by atoms with Crippen molar-refractivity contribution in [2.75, 3.05) is 6.54 Å². The van der Waals surface area contributed by atoms with E-state index in [1.54, 1.807) is 12.3 Å². The molecule has 2 fully saturated rings. The van der Waals surface area contributed by atoms with E-state index in [1.165, 1.54) is 70.6 Å². The molecule has 1 amide bonds. The molecular formula is C24H39N3O. The third kappa shape index (κ3) is 5.79. The fourth-order valence-corrected chi connectivity index (χ4v) is 5.32. The zero-order chi connectivity index (χ0) is 19.7. The Bertz CT molecular complexity index is 605. The summed E-state index contributed by atoms with van der Waals surface area (Å²) in [6.07, 6.45) is 19.5. The summed E-state index contributed by atoms with van der Waals surface area (Å²) in [7, 11) is 0. The van der Waals surface area contributed by atoms with Crippen LogP contribution in [-0.4, -0.2) is 28.5 Å². The molecule has 2 atom stereocenters. The molecule has 2 N–H and O–H groups in total. The summed E-state index contributed by atoms with van der Waals surface area (Å²) in [5.74, 6) is -0.0126. The maximum absolute atomic E-state index is 12.6. The molecule has 0 saturated heterocycles. The molecule has 0 spiro atoms. The van der Waals surface area contributed by atoms with E-state index in [0.29, 0.717) is 5.69 Å².